The number of rotatable bonds is 8. The molecule has 116 valence electrons. The van der Waals surface area contributed by atoms with Gasteiger partial charge in [-0.05, 0) is 50.6 Å². The molecule has 1 heterocycles. The second-order valence-electron chi connectivity index (χ2n) is 5.69. The van der Waals surface area contributed by atoms with E-state index in [-0.39, 0.29) is 6.61 Å². The monoisotopic (exact) mass is 291 g/mol. The van der Waals surface area contributed by atoms with Crippen LogP contribution < -0.4 is 15.8 Å². The third kappa shape index (κ3) is 5.73. The summed E-state index contributed by atoms with van der Waals surface area (Å²) in [6.07, 6.45) is 2.67. The quantitative estimate of drug-likeness (QED) is 0.753. The summed E-state index contributed by atoms with van der Waals surface area (Å²) in [6, 6.07) is 8.22. The molecule has 0 saturated carbocycles. The van der Waals surface area contributed by atoms with Gasteiger partial charge in [0.25, 0.3) is 5.91 Å². The number of nitrogens with one attached hydrogen (secondary N) is 1. The topological polar surface area (TPSA) is 67.6 Å². The normalized spacial score (nSPS) is 16.8. The van der Waals surface area contributed by atoms with Crippen LogP contribution in [-0.2, 0) is 11.3 Å². The molecular weight excluding hydrogens is 266 g/mol. The highest BCUT2D eigenvalue weighted by atomic mass is 16.5. The first-order valence-electron chi connectivity index (χ1n) is 7.59. The highest BCUT2D eigenvalue weighted by Crippen LogP contribution is 2.12. The molecule has 0 radical (unpaired) electrons. The molecule has 1 unspecified atom stereocenters. The Kier molecular flexibility index (Phi) is 6.02. The van der Waals surface area contributed by atoms with Gasteiger partial charge in [-0.3, -0.25) is 4.79 Å². The molecule has 1 amide bonds. The number of amides is 1. The number of hydrogen-bond donors (Lipinski definition) is 2. The van der Waals surface area contributed by atoms with Crippen molar-refractivity contribution in [1.29, 1.82) is 0 Å². The minimum absolute atomic E-state index is 0.0789. The Bertz CT molecular complexity index is 441. The standard InChI is InChI=1S/C16H25N3O2/c1-13(11-19-8-2-3-9-19)18-10-14-4-6-15(7-5-14)21-12-16(17)20/h4-7,13,18H,2-3,8-12H2,1H3,(H2,17,20). The zero-order valence-corrected chi connectivity index (χ0v) is 12.7. The van der Waals surface area contributed by atoms with Crippen molar-refractivity contribution >= 4 is 5.91 Å². The second-order valence-corrected chi connectivity index (χ2v) is 5.69. The van der Waals surface area contributed by atoms with Crippen LogP contribution >= 0.6 is 0 Å². The molecule has 1 aliphatic heterocycles. The van der Waals surface area contributed by atoms with Crippen molar-refractivity contribution in [2.45, 2.75) is 32.4 Å². The fourth-order valence-electron chi connectivity index (χ4n) is 2.57. The maximum Gasteiger partial charge on any atom is 0.255 e. The molecule has 5 nitrogen and oxygen atoms in total. The molecule has 1 aromatic rings. The van der Waals surface area contributed by atoms with E-state index in [1.165, 1.54) is 31.5 Å². The summed E-state index contributed by atoms with van der Waals surface area (Å²) in [5.41, 5.74) is 6.24. The number of nitrogens with two attached hydrogens (primary N) is 1. The summed E-state index contributed by atoms with van der Waals surface area (Å²) < 4.78 is 5.24. The molecular formula is C16H25N3O2. The lowest BCUT2D eigenvalue weighted by Gasteiger charge is -2.21. The summed E-state index contributed by atoms with van der Waals surface area (Å²) in [5, 5.41) is 3.54. The molecule has 1 fully saturated rings. The van der Waals surface area contributed by atoms with E-state index in [0.717, 1.165) is 13.1 Å². The maximum absolute atomic E-state index is 10.6. The van der Waals surface area contributed by atoms with Crippen LogP contribution in [0.25, 0.3) is 0 Å². The summed E-state index contributed by atoms with van der Waals surface area (Å²) in [7, 11) is 0. The van der Waals surface area contributed by atoms with E-state index in [4.69, 9.17) is 10.5 Å². The summed E-state index contributed by atoms with van der Waals surface area (Å²) in [5.74, 6) is 0.208. The van der Waals surface area contributed by atoms with Gasteiger partial charge >= 0.3 is 0 Å². The fraction of sp³-hybridized carbons (Fsp3) is 0.562. The number of carbonyl (C=O) groups is 1. The minimum atomic E-state index is -0.462. The first kappa shape index (κ1) is 15.8. The van der Waals surface area contributed by atoms with Crippen molar-refractivity contribution in [2.75, 3.05) is 26.2 Å². The van der Waals surface area contributed by atoms with Gasteiger partial charge in [0, 0.05) is 19.1 Å². The molecule has 3 N–H and O–H groups in total. The van der Waals surface area contributed by atoms with E-state index in [1.54, 1.807) is 0 Å². The van der Waals surface area contributed by atoms with Crippen LogP contribution in [0.2, 0.25) is 0 Å². The molecule has 0 bridgehead atoms. The number of benzene rings is 1. The van der Waals surface area contributed by atoms with Gasteiger partial charge in [0.05, 0.1) is 0 Å². The third-order valence-electron chi connectivity index (χ3n) is 3.69. The Labute approximate surface area is 126 Å². The summed E-state index contributed by atoms with van der Waals surface area (Å²) in [4.78, 5) is 13.2. The van der Waals surface area contributed by atoms with E-state index in [0.29, 0.717) is 11.8 Å². The van der Waals surface area contributed by atoms with Gasteiger partial charge in [-0.1, -0.05) is 12.1 Å². The Hall–Kier alpha value is -1.59. The molecule has 1 aromatic carbocycles. The Morgan fingerprint density at radius 1 is 1.33 bits per heavy atom. The number of likely N-dealkylation sites (tertiary alicyclic amines) is 1. The Morgan fingerprint density at radius 3 is 2.62 bits per heavy atom. The van der Waals surface area contributed by atoms with Crippen molar-refractivity contribution in [2.24, 2.45) is 5.73 Å². The molecule has 1 saturated heterocycles. The van der Waals surface area contributed by atoms with E-state index < -0.39 is 5.91 Å². The van der Waals surface area contributed by atoms with E-state index >= 15 is 0 Å². The van der Waals surface area contributed by atoms with Crippen molar-refractivity contribution in [3.05, 3.63) is 29.8 Å². The Morgan fingerprint density at radius 2 is 2.00 bits per heavy atom. The molecule has 21 heavy (non-hydrogen) atoms. The summed E-state index contributed by atoms with van der Waals surface area (Å²) >= 11 is 0. The van der Waals surface area contributed by atoms with E-state index in [2.05, 4.69) is 17.1 Å². The van der Waals surface area contributed by atoms with Crippen molar-refractivity contribution in [3.63, 3.8) is 0 Å². The Balaban J connectivity index is 1.71. The van der Waals surface area contributed by atoms with E-state index in [9.17, 15) is 4.79 Å². The zero-order valence-electron chi connectivity index (χ0n) is 12.7. The number of ether oxygens (including phenoxy) is 1. The molecule has 0 spiro atoms. The van der Waals surface area contributed by atoms with Crippen LogP contribution in [0.15, 0.2) is 24.3 Å². The van der Waals surface area contributed by atoms with Gasteiger partial charge in [-0.25, -0.2) is 0 Å². The predicted octanol–water partition coefficient (Wildman–Crippen LogP) is 1.12. The van der Waals surface area contributed by atoms with Crippen molar-refractivity contribution < 1.29 is 9.53 Å². The maximum atomic E-state index is 10.6. The summed E-state index contributed by atoms with van der Waals surface area (Å²) in [6.45, 7) is 6.56. The minimum Gasteiger partial charge on any atom is -0.484 e. The van der Waals surface area contributed by atoms with Crippen molar-refractivity contribution in [3.8, 4) is 5.75 Å². The lowest BCUT2D eigenvalue weighted by atomic mass is 10.2. The SMILES string of the molecule is CC(CN1CCCC1)NCc1ccc(OCC(N)=O)cc1. The van der Waals surface area contributed by atoms with Gasteiger partial charge < -0.3 is 20.7 Å². The lowest BCUT2D eigenvalue weighted by molar-refractivity contribution is -0.119. The van der Waals surface area contributed by atoms with Gasteiger partial charge in [0.1, 0.15) is 5.75 Å². The third-order valence-corrected chi connectivity index (χ3v) is 3.69. The van der Waals surface area contributed by atoms with Crippen LogP contribution in [0.4, 0.5) is 0 Å². The molecule has 2 rings (SSSR count). The van der Waals surface area contributed by atoms with Gasteiger partial charge in [0.15, 0.2) is 6.61 Å². The average Bonchev–Trinajstić information content (AvgIpc) is 2.97. The number of nitrogens with zero attached hydrogens (tertiary/aromatic N) is 1. The van der Waals surface area contributed by atoms with Crippen LogP contribution in [0.5, 0.6) is 5.75 Å². The first-order valence-corrected chi connectivity index (χ1v) is 7.59. The molecule has 1 aliphatic rings. The molecule has 0 aromatic heterocycles. The zero-order chi connectivity index (χ0) is 15.1. The number of primary amides is 1. The van der Waals surface area contributed by atoms with Gasteiger partial charge in [-0.15, -0.1) is 0 Å². The lowest BCUT2D eigenvalue weighted by Crippen LogP contribution is -2.37. The fourth-order valence-corrected chi connectivity index (χ4v) is 2.57. The smallest absolute Gasteiger partial charge is 0.255 e. The van der Waals surface area contributed by atoms with Crippen molar-refractivity contribution in [1.82, 2.24) is 10.2 Å². The highest BCUT2D eigenvalue weighted by molar-refractivity contribution is 5.75. The number of hydrogen-bond acceptors (Lipinski definition) is 4. The number of carbonyl (C=O) groups excluding carboxylic acids is 1. The molecule has 0 aliphatic carbocycles. The highest BCUT2D eigenvalue weighted by Gasteiger charge is 2.14. The van der Waals surface area contributed by atoms with Crippen LogP contribution in [0.1, 0.15) is 25.3 Å². The largest absolute Gasteiger partial charge is 0.484 e. The van der Waals surface area contributed by atoms with Crippen LogP contribution in [0.3, 0.4) is 0 Å². The van der Waals surface area contributed by atoms with Crippen LogP contribution in [0, 0.1) is 0 Å². The molecule has 1 atom stereocenters. The van der Waals surface area contributed by atoms with Gasteiger partial charge in [-0.2, -0.15) is 0 Å². The predicted molar refractivity (Wildman–Crippen MR) is 83.1 cm³/mol. The van der Waals surface area contributed by atoms with Gasteiger partial charge in [0.2, 0.25) is 0 Å². The molecule has 5 heteroatoms. The second kappa shape index (κ2) is 8.00. The first-order chi connectivity index (χ1) is 10.1. The van der Waals surface area contributed by atoms with E-state index in [1.807, 2.05) is 24.3 Å². The average molecular weight is 291 g/mol. The van der Waals surface area contributed by atoms with Crippen LogP contribution in [-0.4, -0.2) is 43.1 Å².